The van der Waals surface area contributed by atoms with E-state index in [0.29, 0.717) is 28.2 Å². The molecule has 0 aliphatic heterocycles. The molecule has 0 fully saturated rings. The summed E-state index contributed by atoms with van der Waals surface area (Å²) in [7, 11) is 0. The summed E-state index contributed by atoms with van der Waals surface area (Å²) in [5.74, 6) is 1.28. The highest BCUT2D eigenvalue weighted by atomic mass is 35.5. The maximum Gasteiger partial charge on any atom is 0.262 e. The lowest BCUT2D eigenvalue weighted by molar-refractivity contribution is -0.118. The average molecular weight is 420 g/mol. The maximum atomic E-state index is 12.1. The van der Waals surface area contributed by atoms with Gasteiger partial charge in [0.25, 0.3) is 11.8 Å². The van der Waals surface area contributed by atoms with Crippen LogP contribution in [0.4, 0.5) is 5.69 Å². The highest BCUT2D eigenvalue weighted by molar-refractivity contribution is 6.30. The predicted octanol–water partition coefficient (Wildman–Crippen LogP) is 5.38. The third-order valence-corrected chi connectivity index (χ3v) is 4.59. The van der Waals surface area contributed by atoms with E-state index in [2.05, 4.69) is 15.5 Å². The minimum absolute atomic E-state index is 0.0705. The van der Waals surface area contributed by atoms with Gasteiger partial charge in [-0.3, -0.25) is 4.79 Å². The number of carbonyl (C=O) groups excluding carboxylic acids is 1. The summed E-state index contributed by atoms with van der Waals surface area (Å²) in [6, 6.07) is 21.9. The van der Waals surface area contributed by atoms with Crippen molar-refractivity contribution >= 4 is 23.2 Å². The minimum atomic E-state index is -0.244. The molecule has 3 aromatic carbocycles. The van der Waals surface area contributed by atoms with Crippen molar-refractivity contribution < 1.29 is 14.1 Å². The molecule has 4 aromatic rings. The van der Waals surface area contributed by atoms with Gasteiger partial charge in [0.1, 0.15) is 5.75 Å². The highest BCUT2D eigenvalue weighted by Crippen LogP contribution is 2.24. The van der Waals surface area contributed by atoms with Gasteiger partial charge in [-0.05, 0) is 67.6 Å². The van der Waals surface area contributed by atoms with Gasteiger partial charge in [-0.2, -0.15) is 4.98 Å². The Balaban J connectivity index is 1.36. The predicted molar refractivity (Wildman–Crippen MR) is 115 cm³/mol. The van der Waals surface area contributed by atoms with Gasteiger partial charge in [-0.15, -0.1) is 0 Å². The number of halogens is 1. The van der Waals surface area contributed by atoms with Crippen molar-refractivity contribution in [1.29, 1.82) is 0 Å². The Kier molecular flexibility index (Phi) is 5.77. The molecule has 0 saturated heterocycles. The van der Waals surface area contributed by atoms with E-state index in [1.54, 1.807) is 36.4 Å². The molecule has 1 amide bonds. The van der Waals surface area contributed by atoms with Crippen molar-refractivity contribution in [3.05, 3.63) is 83.4 Å². The molecule has 1 aromatic heterocycles. The number of aryl methyl sites for hydroxylation is 1. The summed E-state index contributed by atoms with van der Waals surface area (Å²) >= 11 is 5.91. The number of hydrogen-bond donors (Lipinski definition) is 1. The topological polar surface area (TPSA) is 77.2 Å². The van der Waals surface area contributed by atoms with E-state index < -0.39 is 0 Å². The summed E-state index contributed by atoms with van der Waals surface area (Å²) in [5.41, 5.74) is 3.34. The first kappa shape index (κ1) is 19.7. The quantitative estimate of drug-likeness (QED) is 0.453. The van der Waals surface area contributed by atoms with Crippen LogP contribution in [-0.2, 0) is 4.79 Å². The number of carbonyl (C=O) groups is 1. The number of nitrogens with zero attached hydrogens (tertiary/aromatic N) is 2. The number of aromatic nitrogens is 2. The first-order valence-electron chi connectivity index (χ1n) is 9.26. The number of amides is 1. The lowest BCUT2D eigenvalue weighted by Crippen LogP contribution is -2.20. The van der Waals surface area contributed by atoms with Crippen LogP contribution in [0.1, 0.15) is 5.56 Å². The summed E-state index contributed by atoms with van der Waals surface area (Å²) in [4.78, 5) is 16.5. The Morgan fingerprint density at radius 3 is 2.33 bits per heavy atom. The minimum Gasteiger partial charge on any atom is -0.484 e. The molecule has 0 bridgehead atoms. The Bertz CT molecular complexity index is 1140. The van der Waals surface area contributed by atoms with Crippen molar-refractivity contribution in [3.8, 4) is 28.6 Å². The SMILES string of the molecule is Cc1ccc(OCC(=O)Nc2ccc(-c3nc(-c4ccc(Cl)cc4)no3)cc2)cc1. The largest absolute Gasteiger partial charge is 0.484 e. The zero-order valence-electron chi connectivity index (χ0n) is 16.1. The molecule has 0 aliphatic rings. The molecule has 150 valence electrons. The Morgan fingerprint density at radius 2 is 1.63 bits per heavy atom. The summed E-state index contributed by atoms with van der Waals surface area (Å²) in [6.07, 6.45) is 0. The molecule has 0 spiro atoms. The van der Waals surface area contributed by atoms with E-state index in [4.69, 9.17) is 20.9 Å². The Hall–Kier alpha value is -3.64. The van der Waals surface area contributed by atoms with Crippen LogP contribution in [-0.4, -0.2) is 22.7 Å². The van der Waals surface area contributed by atoms with Gasteiger partial charge in [-0.1, -0.05) is 34.5 Å². The molecule has 4 rings (SSSR count). The van der Waals surface area contributed by atoms with Crippen molar-refractivity contribution in [2.75, 3.05) is 11.9 Å². The van der Waals surface area contributed by atoms with Gasteiger partial charge in [0.15, 0.2) is 6.61 Å². The van der Waals surface area contributed by atoms with Gasteiger partial charge in [-0.25, -0.2) is 0 Å². The lowest BCUT2D eigenvalue weighted by atomic mass is 10.2. The third kappa shape index (κ3) is 4.85. The van der Waals surface area contributed by atoms with Crippen LogP contribution in [0, 0.1) is 6.92 Å². The normalized spacial score (nSPS) is 10.6. The smallest absolute Gasteiger partial charge is 0.262 e. The Morgan fingerprint density at radius 1 is 0.967 bits per heavy atom. The van der Waals surface area contributed by atoms with Crippen molar-refractivity contribution in [2.24, 2.45) is 0 Å². The van der Waals surface area contributed by atoms with Crippen LogP contribution in [0.3, 0.4) is 0 Å². The number of benzene rings is 3. The van der Waals surface area contributed by atoms with Gasteiger partial charge >= 0.3 is 0 Å². The molecule has 0 aliphatic carbocycles. The number of nitrogens with one attached hydrogen (secondary N) is 1. The van der Waals surface area contributed by atoms with Crippen LogP contribution in [0.25, 0.3) is 22.8 Å². The molecule has 0 saturated carbocycles. The van der Waals surface area contributed by atoms with Crippen LogP contribution in [0.5, 0.6) is 5.75 Å². The van der Waals surface area contributed by atoms with E-state index in [0.717, 1.165) is 16.7 Å². The second kappa shape index (κ2) is 8.80. The van der Waals surface area contributed by atoms with Crippen LogP contribution < -0.4 is 10.1 Å². The lowest BCUT2D eigenvalue weighted by Gasteiger charge is -2.08. The molecule has 30 heavy (non-hydrogen) atoms. The van der Waals surface area contributed by atoms with Gasteiger partial charge in [0, 0.05) is 21.8 Å². The van der Waals surface area contributed by atoms with Crippen molar-refractivity contribution in [1.82, 2.24) is 10.1 Å². The standard InChI is InChI=1S/C23H18ClN3O3/c1-15-2-12-20(13-3-15)29-14-21(28)25-19-10-6-17(7-11-19)23-26-22(27-30-23)16-4-8-18(24)9-5-16/h2-13H,14H2,1H3,(H,25,28). The summed E-state index contributed by atoms with van der Waals surface area (Å²) < 4.78 is 10.8. The highest BCUT2D eigenvalue weighted by Gasteiger charge is 2.11. The van der Waals surface area contributed by atoms with E-state index in [9.17, 15) is 4.79 Å². The molecule has 0 radical (unpaired) electrons. The number of rotatable bonds is 6. The zero-order valence-corrected chi connectivity index (χ0v) is 16.9. The molecule has 0 unspecified atom stereocenters. The summed E-state index contributed by atoms with van der Waals surface area (Å²) in [5, 5.41) is 7.44. The zero-order chi connectivity index (χ0) is 20.9. The third-order valence-electron chi connectivity index (χ3n) is 4.33. The van der Waals surface area contributed by atoms with E-state index in [-0.39, 0.29) is 12.5 Å². The maximum absolute atomic E-state index is 12.1. The number of hydrogen-bond acceptors (Lipinski definition) is 5. The molecule has 0 atom stereocenters. The molecular weight excluding hydrogens is 402 g/mol. The fraction of sp³-hybridized carbons (Fsp3) is 0.0870. The van der Waals surface area contributed by atoms with Gasteiger partial charge in [0.05, 0.1) is 0 Å². The number of ether oxygens (including phenoxy) is 1. The van der Waals surface area contributed by atoms with Crippen LogP contribution in [0.2, 0.25) is 5.02 Å². The molecule has 1 N–H and O–H groups in total. The second-order valence-electron chi connectivity index (χ2n) is 6.66. The van der Waals surface area contributed by atoms with Crippen molar-refractivity contribution in [3.63, 3.8) is 0 Å². The second-order valence-corrected chi connectivity index (χ2v) is 7.09. The van der Waals surface area contributed by atoms with E-state index in [1.165, 1.54) is 0 Å². The van der Waals surface area contributed by atoms with Crippen LogP contribution in [0.15, 0.2) is 77.3 Å². The number of anilines is 1. The fourth-order valence-corrected chi connectivity index (χ4v) is 2.86. The van der Waals surface area contributed by atoms with E-state index >= 15 is 0 Å². The molecule has 1 heterocycles. The first-order chi connectivity index (χ1) is 14.6. The fourth-order valence-electron chi connectivity index (χ4n) is 2.73. The molecular formula is C23H18ClN3O3. The molecule has 7 heteroatoms. The monoisotopic (exact) mass is 419 g/mol. The average Bonchev–Trinajstić information content (AvgIpc) is 3.25. The first-order valence-corrected chi connectivity index (χ1v) is 9.64. The van der Waals surface area contributed by atoms with Crippen molar-refractivity contribution in [2.45, 2.75) is 6.92 Å². The summed E-state index contributed by atoms with van der Waals surface area (Å²) in [6.45, 7) is 1.92. The van der Waals surface area contributed by atoms with Gasteiger partial charge in [0.2, 0.25) is 5.82 Å². The molecule has 6 nitrogen and oxygen atoms in total. The van der Waals surface area contributed by atoms with Gasteiger partial charge < -0.3 is 14.6 Å². The van der Waals surface area contributed by atoms with Crippen LogP contribution >= 0.6 is 11.6 Å². The van der Waals surface area contributed by atoms with E-state index in [1.807, 2.05) is 43.3 Å². The Labute approximate surface area is 178 Å².